The molecule has 1 aliphatic carbocycles. The highest BCUT2D eigenvalue weighted by atomic mass is 16.5. The number of hydrogen-bond acceptors (Lipinski definition) is 3. The summed E-state index contributed by atoms with van der Waals surface area (Å²) in [4.78, 5) is 16.4. The van der Waals surface area contributed by atoms with E-state index in [1.54, 1.807) is 0 Å². The second-order valence-corrected chi connectivity index (χ2v) is 4.46. The van der Waals surface area contributed by atoms with Gasteiger partial charge in [0.15, 0.2) is 0 Å². The van der Waals surface area contributed by atoms with Crippen LogP contribution < -0.4 is 0 Å². The molecule has 0 aliphatic heterocycles. The van der Waals surface area contributed by atoms with Crippen LogP contribution in [0.15, 0.2) is 18.3 Å². The Morgan fingerprint density at radius 3 is 3.12 bits per heavy atom. The van der Waals surface area contributed by atoms with Crippen LogP contribution in [0.4, 0.5) is 0 Å². The van der Waals surface area contributed by atoms with E-state index in [0.717, 1.165) is 25.0 Å². The third kappa shape index (κ3) is 2.33. The molecule has 1 aromatic heterocycles. The van der Waals surface area contributed by atoms with Crippen molar-refractivity contribution in [3.63, 3.8) is 0 Å². The van der Waals surface area contributed by atoms with Crippen LogP contribution in [0.3, 0.4) is 0 Å². The van der Waals surface area contributed by atoms with Gasteiger partial charge in [0.1, 0.15) is 0 Å². The molecular formula is C14H19NO2. The summed E-state index contributed by atoms with van der Waals surface area (Å²) in [5, 5.41) is 0. The maximum absolute atomic E-state index is 11.9. The van der Waals surface area contributed by atoms with Crippen molar-refractivity contribution in [1.82, 2.24) is 4.98 Å². The second-order valence-electron chi connectivity index (χ2n) is 4.46. The number of rotatable bonds is 4. The third-order valence-electron chi connectivity index (χ3n) is 3.52. The van der Waals surface area contributed by atoms with Gasteiger partial charge in [0.2, 0.25) is 0 Å². The lowest BCUT2D eigenvalue weighted by Gasteiger charge is -2.20. The van der Waals surface area contributed by atoms with E-state index in [1.165, 1.54) is 5.56 Å². The van der Waals surface area contributed by atoms with Crippen molar-refractivity contribution in [2.75, 3.05) is 6.61 Å². The molecule has 0 aromatic carbocycles. The molecule has 17 heavy (non-hydrogen) atoms. The molecule has 0 spiro atoms. The first-order valence-electron chi connectivity index (χ1n) is 6.38. The van der Waals surface area contributed by atoms with Crippen molar-refractivity contribution in [3.05, 3.63) is 29.6 Å². The molecule has 1 heterocycles. The molecule has 2 atom stereocenters. The molecule has 0 N–H and O–H groups in total. The molecule has 3 nitrogen and oxygen atoms in total. The van der Waals surface area contributed by atoms with Crippen LogP contribution in [0, 0.1) is 5.92 Å². The van der Waals surface area contributed by atoms with Crippen LogP contribution in [0.25, 0.3) is 0 Å². The van der Waals surface area contributed by atoms with Gasteiger partial charge in [-0.2, -0.15) is 0 Å². The van der Waals surface area contributed by atoms with E-state index in [1.807, 2.05) is 26.1 Å². The van der Waals surface area contributed by atoms with Gasteiger partial charge in [0.25, 0.3) is 0 Å². The number of carbonyl (C=O) groups is 1. The summed E-state index contributed by atoms with van der Waals surface area (Å²) in [7, 11) is 0. The Kier molecular flexibility index (Phi) is 3.77. The number of aromatic nitrogens is 1. The van der Waals surface area contributed by atoms with Crippen LogP contribution in [0.2, 0.25) is 0 Å². The lowest BCUT2D eigenvalue weighted by atomic mass is 9.88. The predicted molar refractivity (Wildman–Crippen MR) is 65.7 cm³/mol. The first kappa shape index (κ1) is 12.1. The summed E-state index contributed by atoms with van der Waals surface area (Å²) in [6.45, 7) is 4.35. The summed E-state index contributed by atoms with van der Waals surface area (Å²) >= 11 is 0. The second kappa shape index (κ2) is 5.30. The fraction of sp³-hybridized carbons (Fsp3) is 0.571. The van der Waals surface area contributed by atoms with Crippen LogP contribution >= 0.6 is 0 Å². The lowest BCUT2D eigenvalue weighted by molar-refractivity contribution is -0.149. The molecule has 1 aliphatic rings. The van der Waals surface area contributed by atoms with Gasteiger partial charge in [-0.15, -0.1) is 0 Å². The topological polar surface area (TPSA) is 39.2 Å². The minimum absolute atomic E-state index is 0.0360. The first-order chi connectivity index (χ1) is 8.27. The number of pyridine rings is 1. The summed E-state index contributed by atoms with van der Waals surface area (Å²) in [6.07, 6.45) is 4.68. The van der Waals surface area contributed by atoms with Crippen molar-refractivity contribution in [2.45, 2.75) is 39.0 Å². The number of esters is 1. The van der Waals surface area contributed by atoms with Crippen molar-refractivity contribution in [3.8, 4) is 0 Å². The normalized spacial score (nSPS) is 19.8. The Balaban J connectivity index is 2.20. The molecule has 0 fully saturated rings. The van der Waals surface area contributed by atoms with Crippen molar-refractivity contribution in [2.24, 2.45) is 5.92 Å². The molecule has 0 saturated carbocycles. The molecule has 92 valence electrons. The van der Waals surface area contributed by atoms with E-state index in [2.05, 4.69) is 11.1 Å². The Bertz CT molecular complexity index is 403. The lowest BCUT2D eigenvalue weighted by Crippen LogP contribution is -2.23. The van der Waals surface area contributed by atoms with E-state index in [0.29, 0.717) is 6.61 Å². The highest BCUT2D eigenvalue weighted by Crippen LogP contribution is 2.38. The monoisotopic (exact) mass is 233 g/mol. The van der Waals surface area contributed by atoms with Gasteiger partial charge >= 0.3 is 5.97 Å². The Hall–Kier alpha value is -1.38. The van der Waals surface area contributed by atoms with Crippen LogP contribution in [0.5, 0.6) is 0 Å². The molecule has 2 unspecified atom stereocenters. The maximum atomic E-state index is 11.9. The van der Waals surface area contributed by atoms with Gasteiger partial charge in [-0.05, 0) is 37.8 Å². The van der Waals surface area contributed by atoms with Crippen LogP contribution in [0.1, 0.15) is 43.9 Å². The van der Waals surface area contributed by atoms with Crippen LogP contribution in [-0.2, 0) is 16.0 Å². The third-order valence-corrected chi connectivity index (χ3v) is 3.52. The van der Waals surface area contributed by atoms with Gasteiger partial charge in [-0.1, -0.05) is 13.0 Å². The van der Waals surface area contributed by atoms with Crippen LogP contribution in [-0.4, -0.2) is 17.6 Å². The quantitative estimate of drug-likeness (QED) is 0.751. The van der Waals surface area contributed by atoms with E-state index in [4.69, 9.17) is 4.74 Å². The van der Waals surface area contributed by atoms with E-state index in [-0.39, 0.29) is 17.8 Å². The molecular weight excluding hydrogens is 214 g/mol. The van der Waals surface area contributed by atoms with E-state index in [9.17, 15) is 4.79 Å². The minimum atomic E-state index is -0.0708. The summed E-state index contributed by atoms with van der Waals surface area (Å²) in [5.74, 6) is 0.139. The predicted octanol–water partition coefficient (Wildman–Crippen LogP) is 2.70. The van der Waals surface area contributed by atoms with Gasteiger partial charge in [-0.25, -0.2) is 0 Å². The Morgan fingerprint density at radius 1 is 1.59 bits per heavy atom. The largest absolute Gasteiger partial charge is 0.466 e. The molecule has 0 radical (unpaired) electrons. The minimum Gasteiger partial charge on any atom is -0.466 e. The molecule has 0 bridgehead atoms. The fourth-order valence-corrected chi connectivity index (χ4v) is 2.70. The maximum Gasteiger partial charge on any atom is 0.309 e. The van der Waals surface area contributed by atoms with Crippen molar-refractivity contribution < 1.29 is 9.53 Å². The molecule has 0 amide bonds. The molecule has 1 aromatic rings. The molecule has 0 saturated heterocycles. The SMILES string of the molecule is CCOC(=O)C(CC)C1CCc2cccnc21. The summed E-state index contributed by atoms with van der Waals surface area (Å²) in [5.41, 5.74) is 2.40. The van der Waals surface area contributed by atoms with Gasteiger partial charge in [0.05, 0.1) is 12.5 Å². The molecule has 2 rings (SSSR count). The van der Waals surface area contributed by atoms with Crippen molar-refractivity contribution >= 4 is 5.97 Å². The number of ether oxygens (including phenoxy) is 1. The number of fused-ring (bicyclic) bond motifs is 1. The van der Waals surface area contributed by atoms with Gasteiger partial charge in [0, 0.05) is 17.8 Å². The number of hydrogen-bond donors (Lipinski definition) is 0. The zero-order valence-corrected chi connectivity index (χ0v) is 10.5. The average Bonchev–Trinajstić information content (AvgIpc) is 2.75. The number of nitrogens with zero attached hydrogens (tertiary/aromatic N) is 1. The number of carbonyl (C=O) groups excluding carboxylic acids is 1. The summed E-state index contributed by atoms with van der Waals surface area (Å²) in [6, 6.07) is 4.08. The highest BCUT2D eigenvalue weighted by molar-refractivity contribution is 5.73. The number of aryl methyl sites for hydroxylation is 1. The zero-order valence-electron chi connectivity index (χ0n) is 10.5. The Labute approximate surface area is 102 Å². The Morgan fingerprint density at radius 2 is 2.41 bits per heavy atom. The fourth-order valence-electron chi connectivity index (χ4n) is 2.70. The molecule has 3 heteroatoms. The standard InChI is InChI=1S/C14H19NO2/c1-3-11(14(16)17-4-2)12-8-7-10-6-5-9-15-13(10)12/h5-6,9,11-12H,3-4,7-8H2,1-2H3. The highest BCUT2D eigenvalue weighted by Gasteiger charge is 2.34. The van der Waals surface area contributed by atoms with Gasteiger partial charge in [-0.3, -0.25) is 9.78 Å². The zero-order chi connectivity index (χ0) is 12.3. The van der Waals surface area contributed by atoms with E-state index < -0.39 is 0 Å². The smallest absolute Gasteiger partial charge is 0.309 e. The summed E-state index contributed by atoms with van der Waals surface area (Å²) < 4.78 is 5.16. The average molecular weight is 233 g/mol. The van der Waals surface area contributed by atoms with E-state index >= 15 is 0 Å². The van der Waals surface area contributed by atoms with Gasteiger partial charge < -0.3 is 4.74 Å². The van der Waals surface area contributed by atoms with Crippen molar-refractivity contribution in [1.29, 1.82) is 0 Å². The first-order valence-corrected chi connectivity index (χ1v) is 6.38.